The van der Waals surface area contributed by atoms with Crippen LogP contribution in [-0.2, 0) is 0 Å². The van der Waals surface area contributed by atoms with Crippen LogP contribution < -0.4 is 5.32 Å². The molecule has 2 heterocycles. The van der Waals surface area contributed by atoms with Crippen molar-refractivity contribution in [3.8, 4) is 0 Å². The van der Waals surface area contributed by atoms with E-state index in [2.05, 4.69) is 50.2 Å². The standard InChI is InChI=1S/C12H11Br2NOS2/c1-2-8(9-4-3-5-17-9)15-12(16)7-6-10(13)18-11(7)14/h3-6,8H,2H2,1H3,(H,15,16). The highest BCUT2D eigenvalue weighted by Crippen LogP contribution is 2.32. The minimum atomic E-state index is -0.0379. The quantitative estimate of drug-likeness (QED) is 0.738. The predicted octanol–water partition coefficient (Wildman–Crippen LogP) is 5.22. The summed E-state index contributed by atoms with van der Waals surface area (Å²) in [5, 5.41) is 5.10. The average molecular weight is 409 g/mol. The van der Waals surface area contributed by atoms with Gasteiger partial charge in [-0.1, -0.05) is 13.0 Å². The van der Waals surface area contributed by atoms with E-state index in [1.54, 1.807) is 11.3 Å². The molecule has 1 atom stereocenters. The van der Waals surface area contributed by atoms with Crippen LogP contribution in [0.3, 0.4) is 0 Å². The van der Waals surface area contributed by atoms with Crippen LogP contribution in [0.1, 0.15) is 34.6 Å². The lowest BCUT2D eigenvalue weighted by Crippen LogP contribution is -2.27. The van der Waals surface area contributed by atoms with Crippen molar-refractivity contribution in [2.45, 2.75) is 19.4 Å². The fourth-order valence-corrected chi connectivity index (χ4v) is 5.25. The molecule has 0 fully saturated rings. The highest BCUT2D eigenvalue weighted by atomic mass is 79.9. The Morgan fingerprint density at radius 1 is 1.50 bits per heavy atom. The number of carbonyl (C=O) groups excluding carboxylic acids is 1. The van der Waals surface area contributed by atoms with Crippen LogP contribution in [0.2, 0.25) is 0 Å². The minimum absolute atomic E-state index is 0.0379. The number of rotatable bonds is 4. The van der Waals surface area contributed by atoms with Gasteiger partial charge in [0.1, 0.15) is 0 Å². The monoisotopic (exact) mass is 407 g/mol. The maximum atomic E-state index is 12.2. The summed E-state index contributed by atoms with van der Waals surface area (Å²) in [4.78, 5) is 13.4. The van der Waals surface area contributed by atoms with Crippen molar-refractivity contribution in [1.82, 2.24) is 5.32 Å². The van der Waals surface area contributed by atoms with E-state index in [9.17, 15) is 4.79 Å². The van der Waals surface area contributed by atoms with Crippen molar-refractivity contribution in [3.05, 3.63) is 41.6 Å². The van der Waals surface area contributed by atoms with E-state index in [-0.39, 0.29) is 11.9 Å². The Labute approximate surface area is 131 Å². The molecule has 2 nitrogen and oxygen atoms in total. The summed E-state index contributed by atoms with van der Waals surface area (Å²) in [7, 11) is 0. The lowest BCUT2D eigenvalue weighted by Gasteiger charge is -2.15. The van der Waals surface area contributed by atoms with Gasteiger partial charge in [-0.25, -0.2) is 0 Å². The van der Waals surface area contributed by atoms with Crippen molar-refractivity contribution in [2.75, 3.05) is 0 Å². The first kappa shape index (κ1) is 14.2. The lowest BCUT2D eigenvalue weighted by molar-refractivity contribution is 0.0936. The Morgan fingerprint density at radius 2 is 2.28 bits per heavy atom. The van der Waals surface area contributed by atoms with Gasteiger partial charge in [-0.2, -0.15) is 0 Å². The first-order chi connectivity index (χ1) is 8.61. The Hall–Kier alpha value is -0.170. The Kier molecular flexibility index (Phi) is 5.00. The van der Waals surface area contributed by atoms with Crippen LogP contribution in [0, 0.1) is 0 Å². The maximum Gasteiger partial charge on any atom is 0.253 e. The van der Waals surface area contributed by atoms with Crippen LogP contribution >= 0.6 is 54.5 Å². The molecule has 1 unspecified atom stereocenters. The number of hydrogen-bond donors (Lipinski definition) is 1. The van der Waals surface area contributed by atoms with Crippen LogP contribution in [0.25, 0.3) is 0 Å². The molecule has 0 aliphatic rings. The highest BCUT2D eigenvalue weighted by Gasteiger charge is 2.18. The van der Waals surface area contributed by atoms with Gasteiger partial charge in [0.15, 0.2) is 0 Å². The molecule has 2 aromatic heterocycles. The summed E-state index contributed by atoms with van der Waals surface area (Å²) in [6.45, 7) is 2.07. The van der Waals surface area contributed by atoms with Crippen LogP contribution in [0.15, 0.2) is 31.2 Å². The zero-order valence-electron chi connectivity index (χ0n) is 9.57. The second kappa shape index (κ2) is 6.32. The van der Waals surface area contributed by atoms with Gasteiger partial charge < -0.3 is 5.32 Å². The van der Waals surface area contributed by atoms with Crippen LogP contribution in [0.5, 0.6) is 0 Å². The SMILES string of the molecule is CCC(NC(=O)c1cc(Br)sc1Br)c1cccs1. The molecule has 6 heteroatoms. The summed E-state index contributed by atoms with van der Waals surface area (Å²) < 4.78 is 1.80. The van der Waals surface area contributed by atoms with Gasteiger partial charge in [0.2, 0.25) is 0 Å². The molecule has 0 bridgehead atoms. The topological polar surface area (TPSA) is 29.1 Å². The molecule has 0 saturated carbocycles. The first-order valence-electron chi connectivity index (χ1n) is 5.41. The Bertz CT molecular complexity index is 536. The molecule has 0 aromatic carbocycles. The maximum absolute atomic E-state index is 12.2. The second-order valence-electron chi connectivity index (χ2n) is 3.69. The van der Waals surface area contributed by atoms with E-state index in [4.69, 9.17) is 0 Å². The van der Waals surface area contributed by atoms with E-state index in [0.717, 1.165) is 14.0 Å². The zero-order valence-corrected chi connectivity index (χ0v) is 14.4. The second-order valence-corrected chi connectivity index (χ2v) is 8.42. The third-order valence-electron chi connectivity index (χ3n) is 2.50. The summed E-state index contributed by atoms with van der Waals surface area (Å²) in [6, 6.07) is 5.98. The lowest BCUT2D eigenvalue weighted by atomic mass is 10.1. The predicted molar refractivity (Wildman–Crippen MR) is 84.5 cm³/mol. The smallest absolute Gasteiger partial charge is 0.253 e. The largest absolute Gasteiger partial charge is 0.344 e. The molecule has 0 aliphatic heterocycles. The molecule has 0 aliphatic carbocycles. The van der Waals surface area contributed by atoms with Gasteiger partial charge in [-0.3, -0.25) is 4.79 Å². The average Bonchev–Trinajstić information content (AvgIpc) is 2.95. The van der Waals surface area contributed by atoms with Crippen molar-refractivity contribution < 1.29 is 4.79 Å². The molecule has 1 N–H and O–H groups in total. The van der Waals surface area contributed by atoms with E-state index in [1.165, 1.54) is 16.2 Å². The Morgan fingerprint density at radius 3 is 2.78 bits per heavy atom. The molecular weight excluding hydrogens is 398 g/mol. The molecule has 1 amide bonds. The third kappa shape index (κ3) is 3.23. The highest BCUT2D eigenvalue weighted by molar-refractivity contribution is 9.12. The van der Waals surface area contributed by atoms with Gasteiger partial charge in [-0.05, 0) is 55.8 Å². The number of thiophene rings is 2. The van der Waals surface area contributed by atoms with E-state index in [1.807, 2.05) is 17.5 Å². The summed E-state index contributed by atoms with van der Waals surface area (Å²) in [5.41, 5.74) is 0.682. The van der Waals surface area contributed by atoms with E-state index in [0.29, 0.717) is 5.56 Å². The van der Waals surface area contributed by atoms with Crippen molar-refractivity contribution in [1.29, 1.82) is 0 Å². The first-order valence-corrected chi connectivity index (χ1v) is 8.69. The van der Waals surface area contributed by atoms with E-state index >= 15 is 0 Å². The molecular formula is C12H11Br2NOS2. The summed E-state index contributed by atoms with van der Waals surface area (Å²) in [5.74, 6) is -0.0379. The van der Waals surface area contributed by atoms with Gasteiger partial charge in [0, 0.05) is 4.88 Å². The summed E-state index contributed by atoms with van der Waals surface area (Å²) in [6.07, 6.45) is 0.884. The molecule has 18 heavy (non-hydrogen) atoms. The fourth-order valence-electron chi connectivity index (χ4n) is 1.59. The molecule has 0 saturated heterocycles. The van der Waals surface area contributed by atoms with Gasteiger partial charge in [0.05, 0.1) is 19.2 Å². The van der Waals surface area contributed by atoms with Crippen molar-refractivity contribution >= 4 is 60.4 Å². The summed E-state index contributed by atoms with van der Waals surface area (Å²) >= 11 is 9.97. The van der Waals surface area contributed by atoms with Gasteiger partial charge in [-0.15, -0.1) is 22.7 Å². The van der Waals surface area contributed by atoms with Crippen LogP contribution in [-0.4, -0.2) is 5.91 Å². The molecule has 2 aromatic rings. The minimum Gasteiger partial charge on any atom is -0.344 e. The fraction of sp³-hybridized carbons (Fsp3) is 0.250. The van der Waals surface area contributed by atoms with Gasteiger partial charge in [0.25, 0.3) is 5.91 Å². The molecule has 0 spiro atoms. The third-order valence-corrected chi connectivity index (χ3v) is 5.83. The molecule has 2 rings (SSSR count). The van der Waals surface area contributed by atoms with Crippen molar-refractivity contribution in [3.63, 3.8) is 0 Å². The van der Waals surface area contributed by atoms with E-state index < -0.39 is 0 Å². The Balaban J connectivity index is 2.13. The number of carbonyl (C=O) groups is 1. The number of amides is 1. The molecule has 96 valence electrons. The number of nitrogens with one attached hydrogen (secondary N) is 1. The van der Waals surface area contributed by atoms with Crippen LogP contribution in [0.4, 0.5) is 0 Å². The zero-order chi connectivity index (χ0) is 13.1. The van der Waals surface area contributed by atoms with Gasteiger partial charge >= 0.3 is 0 Å². The normalized spacial score (nSPS) is 12.4. The molecule has 0 radical (unpaired) electrons. The number of halogens is 2. The van der Waals surface area contributed by atoms with Crippen molar-refractivity contribution in [2.24, 2.45) is 0 Å². The number of hydrogen-bond acceptors (Lipinski definition) is 3.